The highest BCUT2D eigenvalue weighted by Gasteiger charge is 2.18. The number of rotatable bonds is 4. The molecule has 18 heavy (non-hydrogen) atoms. The molecule has 7 heteroatoms. The SMILES string of the molecule is Cc1nc(C)c(C(=O)O)c(SCC(=O)N(C)C)n1. The first-order valence-electron chi connectivity index (χ1n) is 5.24. The second kappa shape index (κ2) is 5.81. The van der Waals surface area contributed by atoms with Crippen LogP contribution in [0.3, 0.4) is 0 Å². The molecule has 1 N–H and O–H groups in total. The molecule has 0 bridgehead atoms. The number of hydrogen-bond acceptors (Lipinski definition) is 5. The van der Waals surface area contributed by atoms with Crippen LogP contribution >= 0.6 is 11.8 Å². The molecule has 1 rings (SSSR count). The van der Waals surface area contributed by atoms with Gasteiger partial charge in [0.2, 0.25) is 5.91 Å². The molecule has 0 aromatic carbocycles. The quantitative estimate of drug-likeness (QED) is 0.648. The van der Waals surface area contributed by atoms with Crippen molar-refractivity contribution < 1.29 is 14.7 Å². The van der Waals surface area contributed by atoms with Crippen LogP contribution in [0.25, 0.3) is 0 Å². The smallest absolute Gasteiger partial charge is 0.340 e. The highest BCUT2D eigenvalue weighted by Crippen LogP contribution is 2.22. The lowest BCUT2D eigenvalue weighted by Crippen LogP contribution is -2.23. The van der Waals surface area contributed by atoms with Gasteiger partial charge < -0.3 is 10.0 Å². The molecule has 1 aromatic heterocycles. The van der Waals surface area contributed by atoms with Gasteiger partial charge in [0.05, 0.1) is 11.4 Å². The molecule has 0 unspecified atom stereocenters. The van der Waals surface area contributed by atoms with Crippen LogP contribution in [0.2, 0.25) is 0 Å². The van der Waals surface area contributed by atoms with E-state index in [0.29, 0.717) is 16.5 Å². The zero-order valence-electron chi connectivity index (χ0n) is 10.7. The molecule has 0 aliphatic carbocycles. The minimum absolute atomic E-state index is 0.0668. The van der Waals surface area contributed by atoms with E-state index >= 15 is 0 Å². The number of carboxylic acids is 1. The first kappa shape index (κ1) is 14.4. The minimum atomic E-state index is -1.08. The predicted octanol–water partition coefficient (Wildman–Crippen LogP) is 0.972. The number of carbonyl (C=O) groups is 2. The summed E-state index contributed by atoms with van der Waals surface area (Å²) in [6, 6.07) is 0. The van der Waals surface area contributed by atoms with Crippen molar-refractivity contribution >= 4 is 23.6 Å². The van der Waals surface area contributed by atoms with Gasteiger partial charge in [-0.05, 0) is 13.8 Å². The Kier molecular flexibility index (Phi) is 4.66. The molecule has 0 saturated heterocycles. The molecule has 0 aliphatic heterocycles. The lowest BCUT2D eigenvalue weighted by Gasteiger charge is -2.11. The molecule has 0 spiro atoms. The van der Waals surface area contributed by atoms with Gasteiger partial charge in [0.15, 0.2) is 0 Å². The van der Waals surface area contributed by atoms with Gasteiger partial charge in [-0.3, -0.25) is 4.79 Å². The van der Waals surface area contributed by atoms with Crippen molar-refractivity contribution in [3.63, 3.8) is 0 Å². The van der Waals surface area contributed by atoms with Crippen molar-refractivity contribution in [1.82, 2.24) is 14.9 Å². The maximum atomic E-state index is 11.5. The van der Waals surface area contributed by atoms with E-state index in [-0.39, 0.29) is 17.2 Å². The van der Waals surface area contributed by atoms with Gasteiger partial charge in [0.1, 0.15) is 16.4 Å². The van der Waals surface area contributed by atoms with E-state index in [4.69, 9.17) is 5.11 Å². The van der Waals surface area contributed by atoms with Crippen molar-refractivity contribution in [3.8, 4) is 0 Å². The lowest BCUT2D eigenvalue weighted by atomic mass is 10.2. The average Bonchev–Trinajstić information content (AvgIpc) is 2.23. The van der Waals surface area contributed by atoms with Gasteiger partial charge in [0.25, 0.3) is 0 Å². The summed E-state index contributed by atoms with van der Waals surface area (Å²) in [5.74, 6) is -0.515. The summed E-state index contributed by atoms with van der Waals surface area (Å²) in [4.78, 5) is 32.2. The third-order valence-electron chi connectivity index (χ3n) is 2.21. The summed E-state index contributed by atoms with van der Waals surface area (Å²) in [6.07, 6.45) is 0. The fourth-order valence-corrected chi connectivity index (χ4v) is 2.39. The normalized spacial score (nSPS) is 10.2. The molecule has 0 fully saturated rings. The third kappa shape index (κ3) is 3.43. The minimum Gasteiger partial charge on any atom is -0.478 e. The van der Waals surface area contributed by atoms with Crippen molar-refractivity contribution in [2.24, 2.45) is 0 Å². The predicted molar refractivity (Wildman–Crippen MR) is 67.9 cm³/mol. The molecule has 98 valence electrons. The zero-order valence-corrected chi connectivity index (χ0v) is 11.5. The Bertz CT molecular complexity index is 489. The Hall–Kier alpha value is -1.63. The highest BCUT2D eigenvalue weighted by atomic mass is 32.2. The van der Waals surface area contributed by atoms with E-state index in [1.807, 2.05) is 0 Å². The molecule has 1 amide bonds. The molecule has 1 heterocycles. The second-order valence-electron chi connectivity index (χ2n) is 3.92. The molecule has 0 aliphatic rings. The van der Waals surface area contributed by atoms with Gasteiger partial charge in [-0.1, -0.05) is 11.8 Å². The number of aromatic nitrogens is 2. The van der Waals surface area contributed by atoms with E-state index in [1.54, 1.807) is 27.9 Å². The number of amides is 1. The fraction of sp³-hybridized carbons (Fsp3) is 0.455. The van der Waals surface area contributed by atoms with Gasteiger partial charge in [-0.2, -0.15) is 0 Å². The first-order valence-corrected chi connectivity index (χ1v) is 6.23. The monoisotopic (exact) mass is 269 g/mol. The topological polar surface area (TPSA) is 83.4 Å². The highest BCUT2D eigenvalue weighted by molar-refractivity contribution is 8.00. The van der Waals surface area contributed by atoms with Crippen LogP contribution in [0.1, 0.15) is 21.9 Å². The third-order valence-corrected chi connectivity index (χ3v) is 3.17. The number of hydrogen-bond donors (Lipinski definition) is 1. The summed E-state index contributed by atoms with van der Waals surface area (Å²) in [5.41, 5.74) is 0.479. The van der Waals surface area contributed by atoms with Crippen molar-refractivity contribution in [2.75, 3.05) is 19.8 Å². The van der Waals surface area contributed by atoms with Crippen LogP contribution in [0.15, 0.2) is 5.03 Å². The Labute approximate surface area is 109 Å². The Morgan fingerprint density at radius 2 is 1.89 bits per heavy atom. The van der Waals surface area contributed by atoms with Crippen LogP contribution in [-0.2, 0) is 4.79 Å². The van der Waals surface area contributed by atoms with E-state index in [9.17, 15) is 9.59 Å². The molecule has 0 atom stereocenters. The molecule has 1 aromatic rings. The Balaban J connectivity index is 3.00. The van der Waals surface area contributed by atoms with Crippen molar-refractivity contribution in [3.05, 3.63) is 17.1 Å². The van der Waals surface area contributed by atoms with Gasteiger partial charge in [0, 0.05) is 14.1 Å². The standard InChI is InChI=1S/C11H15N3O3S/c1-6-9(11(16)17)10(13-7(2)12-6)18-5-8(15)14(3)4/h5H2,1-4H3,(H,16,17). The Morgan fingerprint density at radius 1 is 1.28 bits per heavy atom. The Morgan fingerprint density at radius 3 is 2.39 bits per heavy atom. The lowest BCUT2D eigenvalue weighted by molar-refractivity contribution is -0.125. The van der Waals surface area contributed by atoms with E-state index in [0.717, 1.165) is 11.8 Å². The number of aromatic carboxylic acids is 1. The number of carbonyl (C=O) groups excluding carboxylic acids is 1. The zero-order chi connectivity index (χ0) is 13.9. The molecule has 0 saturated carbocycles. The van der Waals surface area contributed by atoms with Crippen LogP contribution in [0, 0.1) is 13.8 Å². The van der Waals surface area contributed by atoms with Crippen LogP contribution in [0.5, 0.6) is 0 Å². The van der Waals surface area contributed by atoms with Crippen molar-refractivity contribution in [1.29, 1.82) is 0 Å². The van der Waals surface area contributed by atoms with Crippen LogP contribution in [0.4, 0.5) is 0 Å². The van der Waals surface area contributed by atoms with Gasteiger partial charge in [-0.15, -0.1) is 0 Å². The number of thioether (sulfide) groups is 1. The average molecular weight is 269 g/mol. The van der Waals surface area contributed by atoms with Gasteiger partial charge in [-0.25, -0.2) is 14.8 Å². The summed E-state index contributed by atoms with van der Waals surface area (Å²) >= 11 is 1.12. The van der Waals surface area contributed by atoms with E-state index in [1.165, 1.54) is 4.90 Å². The summed E-state index contributed by atoms with van der Waals surface area (Å²) < 4.78 is 0. The second-order valence-corrected chi connectivity index (χ2v) is 4.88. The molecule has 6 nitrogen and oxygen atoms in total. The largest absolute Gasteiger partial charge is 0.478 e. The summed E-state index contributed by atoms with van der Waals surface area (Å²) in [7, 11) is 3.30. The maximum absolute atomic E-state index is 11.5. The summed E-state index contributed by atoms with van der Waals surface area (Å²) in [6.45, 7) is 3.31. The van der Waals surface area contributed by atoms with Crippen LogP contribution < -0.4 is 0 Å². The van der Waals surface area contributed by atoms with Crippen LogP contribution in [-0.4, -0.2) is 51.7 Å². The first-order chi connectivity index (χ1) is 8.32. The molecule has 0 radical (unpaired) electrons. The number of aryl methyl sites for hydroxylation is 2. The molecular formula is C11H15N3O3S. The van der Waals surface area contributed by atoms with E-state index in [2.05, 4.69) is 9.97 Å². The van der Waals surface area contributed by atoms with Gasteiger partial charge >= 0.3 is 5.97 Å². The summed E-state index contributed by atoms with van der Waals surface area (Å²) in [5, 5.41) is 9.46. The number of nitrogens with zero attached hydrogens (tertiary/aromatic N) is 3. The fourth-order valence-electron chi connectivity index (χ4n) is 1.29. The van der Waals surface area contributed by atoms with Crippen molar-refractivity contribution in [2.45, 2.75) is 18.9 Å². The maximum Gasteiger partial charge on any atom is 0.340 e. The molecular weight excluding hydrogens is 254 g/mol. The number of carboxylic acid groups (broad SMARTS) is 1. The van der Waals surface area contributed by atoms with E-state index < -0.39 is 5.97 Å².